The molecule has 0 saturated carbocycles. The Hall–Kier alpha value is -1.20. The molecular weight excluding hydrogens is 377 g/mol. The molecule has 2 nitrogen and oxygen atoms in total. The maximum Gasteiger partial charge on any atom is 0.256 e. The average molecular weight is 387 g/mol. The highest BCUT2D eigenvalue weighted by Gasteiger charge is 2.11. The van der Waals surface area contributed by atoms with Gasteiger partial charge in [-0.15, -0.1) is 0 Å². The fourth-order valence-corrected chi connectivity index (χ4v) is 2.27. The molecule has 0 aromatic heterocycles. The highest BCUT2D eigenvalue weighted by atomic mass is 79.9. The molecule has 0 radical (unpaired) electrons. The van der Waals surface area contributed by atoms with Crippen molar-refractivity contribution in [1.29, 1.82) is 0 Å². The molecule has 0 unspecified atom stereocenters. The van der Waals surface area contributed by atoms with E-state index in [-0.39, 0.29) is 11.5 Å². The van der Waals surface area contributed by atoms with E-state index in [1.165, 1.54) is 18.2 Å². The zero-order valence-electron chi connectivity index (χ0n) is 10.0. The standard InChI is InChI=1S/C14H10Br2FNO/c1-8-6-10(3-5-12(8)15)18-14(19)11-7-9(17)2-4-13(11)16/h2-7H,1H3,(H,18,19). The summed E-state index contributed by atoms with van der Waals surface area (Å²) in [7, 11) is 0. The number of carbonyl (C=O) groups excluding carboxylic acids is 1. The molecular formula is C14H10Br2FNO. The Bertz CT molecular complexity index is 643. The van der Waals surface area contributed by atoms with Crippen molar-refractivity contribution in [1.82, 2.24) is 0 Å². The van der Waals surface area contributed by atoms with Crippen LogP contribution in [0.15, 0.2) is 45.3 Å². The van der Waals surface area contributed by atoms with Gasteiger partial charge in [0.15, 0.2) is 0 Å². The smallest absolute Gasteiger partial charge is 0.256 e. The number of nitrogens with one attached hydrogen (secondary N) is 1. The molecule has 0 bridgehead atoms. The first kappa shape index (κ1) is 14.2. The molecule has 0 aliphatic carbocycles. The fourth-order valence-electron chi connectivity index (χ4n) is 1.59. The van der Waals surface area contributed by atoms with Crippen LogP contribution in [0.25, 0.3) is 0 Å². The van der Waals surface area contributed by atoms with E-state index in [1.807, 2.05) is 19.1 Å². The lowest BCUT2D eigenvalue weighted by atomic mass is 10.2. The number of aryl methyl sites for hydroxylation is 1. The number of carbonyl (C=O) groups is 1. The third-order valence-electron chi connectivity index (χ3n) is 2.59. The maximum absolute atomic E-state index is 13.2. The monoisotopic (exact) mass is 385 g/mol. The van der Waals surface area contributed by atoms with Gasteiger partial charge in [-0.1, -0.05) is 15.9 Å². The van der Waals surface area contributed by atoms with Gasteiger partial charge >= 0.3 is 0 Å². The van der Waals surface area contributed by atoms with Gasteiger partial charge in [-0.3, -0.25) is 4.79 Å². The molecule has 2 aromatic carbocycles. The van der Waals surface area contributed by atoms with Crippen LogP contribution in [0.2, 0.25) is 0 Å². The van der Waals surface area contributed by atoms with Crippen molar-refractivity contribution in [2.24, 2.45) is 0 Å². The normalized spacial score (nSPS) is 10.3. The molecule has 0 fully saturated rings. The Morgan fingerprint density at radius 1 is 1.11 bits per heavy atom. The Labute approximate surface area is 127 Å². The molecule has 0 aliphatic heterocycles. The van der Waals surface area contributed by atoms with Crippen molar-refractivity contribution in [3.8, 4) is 0 Å². The van der Waals surface area contributed by atoms with Crippen molar-refractivity contribution in [3.05, 3.63) is 62.3 Å². The molecule has 98 valence electrons. The van der Waals surface area contributed by atoms with Gasteiger partial charge in [0.1, 0.15) is 5.82 Å². The molecule has 2 aromatic rings. The summed E-state index contributed by atoms with van der Waals surface area (Å²) in [6.07, 6.45) is 0. The average Bonchev–Trinajstić information content (AvgIpc) is 2.36. The molecule has 0 spiro atoms. The van der Waals surface area contributed by atoms with Crippen LogP contribution >= 0.6 is 31.9 Å². The summed E-state index contributed by atoms with van der Waals surface area (Å²) >= 11 is 6.63. The second kappa shape index (κ2) is 5.84. The predicted molar refractivity (Wildman–Crippen MR) is 80.9 cm³/mol. The molecule has 1 amide bonds. The second-order valence-corrected chi connectivity index (χ2v) is 5.75. The summed E-state index contributed by atoms with van der Waals surface area (Å²) in [5, 5.41) is 2.74. The van der Waals surface area contributed by atoms with E-state index in [0.717, 1.165) is 10.0 Å². The van der Waals surface area contributed by atoms with Crippen molar-refractivity contribution in [3.63, 3.8) is 0 Å². The van der Waals surface area contributed by atoms with Crippen molar-refractivity contribution in [2.75, 3.05) is 5.32 Å². The molecule has 5 heteroatoms. The molecule has 0 aliphatic rings. The predicted octanol–water partition coefficient (Wildman–Crippen LogP) is 4.91. The number of hydrogen-bond acceptors (Lipinski definition) is 1. The van der Waals surface area contributed by atoms with Gasteiger partial charge in [0.25, 0.3) is 5.91 Å². The minimum atomic E-state index is -0.444. The zero-order chi connectivity index (χ0) is 14.0. The van der Waals surface area contributed by atoms with Crippen LogP contribution in [0.4, 0.5) is 10.1 Å². The van der Waals surface area contributed by atoms with Crippen molar-refractivity contribution >= 4 is 43.5 Å². The third kappa shape index (κ3) is 3.42. The molecule has 1 N–H and O–H groups in total. The quantitative estimate of drug-likeness (QED) is 0.780. The van der Waals surface area contributed by atoms with Gasteiger partial charge in [0.05, 0.1) is 5.56 Å². The van der Waals surface area contributed by atoms with E-state index in [0.29, 0.717) is 10.2 Å². The van der Waals surface area contributed by atoms with E-state index < -0.39 is 5.82 Å². The first-order chi connectivity index (χ1) is 8.97. The zero-order valence-corrected chi connectivity index (χ0v) is 13.2. The molecule has 19 heavy (non-hydrogen) atoms. The van der Waals surface area contributed by atoms with Crippen LogP contribution in [-0.4, -0.2) is 5.91 Å². The number of amides is 1. The highest BCUT2D eigenvalue weighted by molar-refractivity contribution is 9.10. The third-order valence-corrected chi connectivity index (χ3v) is 4.17. The maximum atomic E-state index is 13.2. The van der Waals surface area contributed by atoms with E-state index >= 15 is 0 Å². The van der Waals surface area contributed by atoms with Crippen LogP contribution < -0.4 is 5.32 Å². The van der Waals surface area contributed by atoms with Crippen molar-refractivity contribution < 1.29 is 9.18 Å². The first-order valence-corrected chi connectivity index (χ1v) is 7.08. The SMILES string of the molecule is Cc1cc(NC(=O)c2cc(F)ccc2Br)ccc1Br. The summed E-state index contributed by atoms with van der Waals surface area (Å²) in [5.41, 5.74) is 1.94. The van der Waals surface area contributed by atoms with Gasteiger partial charge in [-0.25, -0.2) is 4.39 Å². The van der Waals surface area contributed by atoms with E-state index in [1.54, 1.807) is 6.07 Å². The van der Waals surface area contributed by atoms with Crippen LogP contribution in [-0.2, 0) is 0 Å². The van der Waals surface area contributed by atoms with E-state index in [9.17, 15) is 9.18 Å². The molecule has 0 atom stereocenters. The Morgan fingerprint density at radius 2 is 1.79 bits per heavy atom. The number of rotatable bonds is 2. The highest BCUT2D eigenvalue weighted by Crippen LogP contribution is 2.22. The lowest BCUT2D eigenvalue weighted by Crippen LogP contribution is -2.13. The Balaban J connectivity index is 2.25. The fraction of sp³-hybridized carbons (Fsp3) is 0.0714. The number of anilines is 1. The number of halogens is 3. The van der Waals surface area contributed by atoms with Crippen LogP contribution in [0, 0.1) is 12.7 Å². The topological polar surface area (TPSA) is 29.1 Å². The summed E-state index contributed by atoms with van der Waals surface area (Å²) in [4.78, 5) is 12.1. The number of hydrogen-bond donors (Lipinski definition) is 1. The largest absolute Gasteiger partial charge is 0.322 e. The van der Waals surface area contributed by atoms with Gasteiger partial charge in [0.2, 0.25) is 0 Å². The molecule has 0 saturated heterocycles. The van der Waals surface area contributed by atoms with E-state index in [4.69, 9.17) is 0 Å². The first-order valence-electron chi connectivity index (χ1n) is 5.50. The summed E-state index contributed by atoms with van der Waals surface area (Å²) in [5.74, 6) is -0.798. The van der Waals surface area contributed by atoms with Crippen molar-refractivity contribution in [2.45, 2.75) is 6.92 Å². The lowest BCUT2D eigenvalue weighted by Gasteiger charge is -2.08. The second-order valence-electron chi connectivity index (χ2n) is 4.04. The van der Waals surface area contributed by atoms with Gasteiger partial charge in [-0.05, 0) is 64.8 Å². The van der Waals surface area contributed by atoms with Gasteiger partial charge < -0.3 is 5.32 Å². The Morgan fingerprint density at radius 3 is 2.47 bits per heavy atom. The van der Waals surface area contributed by atoms with Crippen LogP contribution in [0.5, 0.6) is 0 Å². The summed E-state index contributed by atoms with van der Waals surface area (Å²) in [6.45, 7) is 1.93. The summed E-state index contributed by atoms with van der Waals surface area (Å²) in [6, 6.07) is 9.48. The number of benzene rings is 2. The summed E-state index contributed by atoms with van der Waals surface area (Å²) < 4.78 is 14.7. The van der Waals surface area contributed by atoms with Crippen LogP contribution in [0.3, 0.4) is 0 Å². The lowest BCUT2D eigenvalue weighted by molar-refractivity contribution is 0.102. The van der Waals surface area contributed by atoms with Crippen LogP contribution in [0.1, 0.15) is 15.9 Å². The van der Waals surface area contributed by atoms with Gasteiger partial charge in [-0.2, -0.15) is 0 Å². The van der Waals surface area contributed by atoms with E-state index in [2.05, 4.69) is 37.2 Å². The Kier molecular flexibility index (Phi) is 4.37. The molecule has 0 heterocycles. The van der Waals surface area contributed by atoms with Gasteiger partial charge in [0, 0.05) is 14.6 Å². The minimum absolute atomic E-state index is 0.264. The molecule has 2 rings (SSSR count). The minimum Gasteiger partial charge on any atom is -0.322 e.